The van der Waals surface area contributed by atoms with Crippen LogP contribution in [0.1, 0.15) is 30.7 Å². The molecule has 1 aromatic heterocycles. The number of aliphatic carboxylic acids is 1. The zero-order chi connectivity index (χ0) is 14.4. The standard InChI is InChI=1S/C14H19N3O3/c1-8-5-9(2)16(15-8)7-13(18)17-10-3-4-12(17)11(6-10)14(19)20/h5,10-12H,3-4,6-7H2,1-2H3,(H,19,20). The molecule has 6 heteroatoms. The lowest BCUT2D eigenvalue weighted by molar-refractivity contribution is -0.143. The number of hydrogen-bond acceptors (Lipinski definition) is 3. The van der Waals surface area contributed by atoms with Crippen molar-refractivity contribution in [3.05, 3.63) is 17.5 Å². The molecule has 6 nitrogen and oxygen atoms in total. The Hall–Kier alpha value is -1.85. The number of fused-ring (bicyclic) bond motifs is 2. The molecule has 1 amide bonds. The first kappa shape index (κ1) is 13.1. The average Bonchev–Trinajstić information content (AvgIpc) is 3.02. The molecule has 0 aromatic carbocycles. The van der Waals surface area contributed by atoms with Crippen LogP contribution in [0.15, 0.2) is 6.07 Å². The van der Waals surface area contributed by atoms with Crippen molar-refractivity contribution in [1.29, 1.82) is 0 Å². The highest BCUT2D eigenvalue weighted by Gasteiger charge is 2.51. The maximum atomic E-state index is 12.5. The molecule has 2 aliphatic rings. The molecule has 3 heterocycles. The fourth-order valence-electron chi connectivity index (χ4n) is 3.69. The Morgan fingerprint density at radius 3 is 2.70 bits per heavy atom. The molecular weight excluding hydrogens is 258 g/mol. The monoisotopic (exact) mass is 277 g/mol. The van der Waals surface area contributed by atoms with E-state index in [1.54, 1.807) is 9.58 Å². The molecule has 3 unspecified atom stereocenters. The van der Waals surface area contributed by atoms with Crippen LogP contribution in [-0.4, -0.2) is 43.7 Å². The van der Waals surface area contributed by atoms with Gasteiger partial charge in [0.25, 0.3) is 0 Å². The number of carboxylic acid groups (broad SMARTS) is 1. The van der Waals surface area contributed by atoms with Crippen LogP contribution < -0.4 is 0 Å². The van der Waals surface area contributed by atoms with E-state index in [0.29, 0.717) is 6.42 Å². The third kappa shape index (κ3) is 1.99. The summed E-state index contributed by atoms with van der Waals surface area (Å²) in [5.74, 6) is -1.17. The van der Waals surface area contributed by atoms with Gasteiger partial charge in [0.2, 0.25) is 5.91 Å². The van der Waals surface area contributed by atoms with Gasteiger partial charge in [-0.2, -0.15) is 5.10 Å². The van der Waals surface area contributed by atoms with Gasteiger partial charge in [-0.1, -0.05) is 0 Å². The first-order valence-electron chi connectivity index (χ1n) is 7.02. The predicted octanol–water partition coefficient (Wildman–Crippen LogP) is 0.964. The van der Waals surface area contributed by atoms with E-state index in [1.165, 1.54) is 0 Å². The first-order valence-corrected chi connectivity index (χ1v) is 7.02. The van der Waals surface area contributed by atoms with E-state index in [1.807, 2.05) is 19.9 Å². The molecule has 3 rings (SSSR count). The molecule has 0 spiro atoms. The number of hydrogen-bond donors (Lipinski definition) is 1. The summed E-state index contributed by atoms with van der Waals surface area (Å²) in [6.07, 6.45) is 2.34. The van der Waals surface area contributed by atoms with E-state index >= 15 is 0 Å². The number of nitrogens with zero attached hydrogens (tertiary/aromatic N) is 3. The normalized spacial score (nSPS) is 28.1. The molecular formula is C14H19N3O3. The number of carboxylic acids is 1. The summed E-state index contributed by atoms with van der Waals surface area (Å²) in [6, 6.07) is 1.92. The highest BCUT2D eigenvalue weighted by molar-refractivity contribution is 5.80. The molecule has 20 heavy (non-hydrogen) atoms. The second-order valence-electron chi connectivity index (χ2n) is 5.86. The lowest BCUT2D eigenvalue weighted by Gasteiger charge is -2.23. The largest absolute Gasteiger partial charge is 0.481 e. The van der Waals surface area contributed by atoms with Crippen molar-refractivity contribution in [2.75, 3.05) is 0 Å². The zero-order valence-corrected chi connectivity index (χ0v) is 11.7. The molecule has 1 N–H and O–H groups in total. The van der Waals surface area contributed by atoms with E-state index < -0.39 is 11.9 Å². The summed E-state index contributed by atoms with van der Waals surface area (Å²) < 4.78 is 1.70. The zero-order valence-electron chi connectivity index (χ0n) is 11.7. The number of carbonyl (C=O) groups excluding carboxylic acids is 1. The van der Waals surface area contributed by atoms with Crippen molar-refractivity contribution >= 4 is 11.9 Å². The van der Waals surface area contributed by atoms with Crippen molar-refractivity contribution in [3.8, 4) is 0 Å². The minimum atomic E-state index is -0.777. The Kier molecular flexibility index (Phi) is 3.03. The van der Waals surface area contributed by atoms with E-state index in [9.17, 15) is 14.7 Å². The van der Waals surface area contributed by atoms with Gasteiger partial charge in [-0.05, 0) is 39.2 Å². The summed E-state index contributed by atoms with van der Waals surface area (Å²) in [6.45, 7) is 4.03. The minimum Gasteiger partial charge on any atom is -0.481 e. The lowest BCUT2D eigenvalue weighted by atomic mass is 9.89. The van der Waals surface area contributed by atoms with Crippen molar-refractivity contribution in [3.63, 3.8) is 0 Å². The van der Waals surface area contributed by atoms with Gasteiger partial charge in [0, 0.05) is 17.8 Å². The number of rotatable bonds is 3. The maximum absolute atomic E-state index is 12.5. The maximum Gasteiger partial charge on any atom is 0.308 e. The van der Waals surface area contributed by atoms with Gasteiger partial charge in [-0.25, -0.2) is 0 Å². The van der Waals surface area contributed by atoms with Crippen LogP contribution in [0.3, 0.4) is 0 Å². The lowest BCUT2D eigenvalue weighted by Crippen LogP contribution is -2.40. The van der Waals surface area contributed by atoms with Gasteiger partial charge in [-0.3, -0.25) is 14.3 Å². The highest BCUT2D eigenvalue weighted by Crippen LogP contribution is 2.41. The summed E-state index contributed by atoms with van der Waals surface area (Å²) in [5.41, 5.74) is 1.85. The summed E-state index contributed by atoms with van der Waals surface area (Å²) in [4.78, 5) is 25.5. The van der Waals surface area contributed by atoms with E-state index in [2.05, 4.69) is 5.10 Å². The molecule has 2 fully saturated rings. The molecule has 2 aliphatic heterocycles. The fraction of sp³-hybridized carbons (Fsp3) is 0.643. The Labute approximate surface area is 117 Å². The van der Waals surface area contributed by atoms with Crippen LogP contribution in [-0.2, 0) is 16.1 Å². The quantitative estimate of drug-likeness (QED) is 0.893. The van der Waals surface area contributed by atoms with Gasteiger partial charge in [0.15, 0.2) is 0 Å². The third-order valence-corrected chi connectivity index (χ3v) is 4.53. The summed E-state index contributed by atoms with van der Waals surface area (Å²) >= 11 is 0. The van der Waals surface area contributed by atoms with Gasteiger partial charge < -0.3 is 10.0 Å². The molecule has 108 valence electrons. The van der Waals surface area contributed by atoms with Crippen LogP contribution >= 0.6 is 0 Å². The second-order valence-corrected chi connectivity index (χ2v) is 5.86. The predicted molar refractivity (Wildman–Crippen MR) is 71.1 cm³/mol. The van der Waals surface area contributed by atoms with Crippen molar-refractivity contribution in [2.45, 2.75) is 51.7 Å². The van der Waals surface area contributed by atoms with Gasteiger partial charge >= 0.3 is 5.97 Å². The number of carbonyl (C=O) groups is 2. The van der Waals surface area contributed by atoms with Crippen LogP contribution in [0.25, 0.3) is 0 Å². The van der Waals surface area contributed by atoms with Crippen LogP contribution in [0.4, 0.5) is 0 Å². The molecule has 0 radical (unpaired) electrons. The Morgan fingerprint density at radius 1 is 1.40 bits per heavy atom. The molecule has 0 aliphatic carbocycles. The molecule has 3 atom stereocenters. The second kappa shape index (κ2) is 4.61. The van der Waals surface area contributed by atoms with Crippen molar-refractivity contribution < 1.29 is 14.7 Å². The van der Waals surface area contributed by atoms with Crippen LogP contribution in [0.2, 0.25) is 0 Å². The number of aromatic nitrogens is 2. The third-order valence-electron chi connectivity index (χ3n) is 4.53. The first-order chi connectivity index (χ1) is 9.47. The molecule has 2 saturated heterocycles. The van der Waals surface area contributed by atoms with Crippen molar-refractivity contribution in [2.24, 2.45) is 5.92 Å². The van der Waals surface area contributed by atoms with E-state index in [4.69, 9.17) is 0 Å². The fourth-order valence-corrected chi connectivity index (χ4v) is 3.69. The van der Waals surface area contributed by atoms with Crippen LogP contribution in [0.5, 0.6) is 0 Å². The topological polar surface area (TPSA) is 75.4 Å². The molecule has 0 saturated carbocycles. The molecule has 1 aromatic rings. The Bertz CT molecular complexity index is 566. The summed E-state index contributed by atoms with van der Waals surface area (Å²) in [7, 11) is 0. The molecule has 2 bridgehead atoms. The number of amides is 1. The summed E-state index contributed by atoms with van der Waals surface area (Å²) in [5, 5.41) is 13.5. The van der Waals surface area contributed by atoms with Crippen molar-refractivity contribution in [1.82, 2.24) is 14.7 Å². The Morgan fingerprint density at radius 2 is 2.15 bits per heavy atom. The smallest absolute Gasteiger partial charge is 0.308 e. The minimum absolute atomic E-state index is 0.00699. The average molecular weight is 277 g/mol. The van der Waals surface area contributed by atoms with E-state index in [-0.39, 0.29) is 24.5 Å². The highest BCUT2D eigenvalue weighted by atomic mass is 16.4. The Balaban J connectivity index is 1.75. The van der Waals surface area contributed by atoms with Gasteiger partial charge in [-0.15, -0.1) is 0 Å². The van der Waals surface area contributed by atoms with Gasteiger partial charge in [0.1, 0.15) is 6.54 Å². The van der Waals surface area contributed by atoms with Crippen LogP contribution in [0, 0.1) is 19.8 Å². The van der Waals surface area contributed by atoms with E-state index in [0.717, 1.165) is 24.2 Å². The van der Waals surface area contributed by atoms with Gasteiger partial charge in [0.05, 0.1) is 11.6 Å². The SMILES string of the molecule is Cc1cc(C)n(CC(=O)N2C3CCC2C(C(=O)O)C3)n1. The number of aryl methyl sites for hydroxylation is 2.